The highest BCUT2D eigenvalue weighted by atomic mass is 16.4. The Hall–Kier alpha value is -1.35. The van der Waals surface area contributed by atoms with E-state index in [1.165, 1.54) is 5.56 Å². The van der Waals surface area contributed by atoms with Crippen LogP contribution in [0, 0.1) is 17.8 Å². The van der Waals surface area contributed by atoms with Gasteiger partial charge in [-0.05, 0) is 23.8 Å². The molecule has 1 N–H and O–H groups in total. The third-order valence-corrected chi connectivity index (χ3v) is 3.86. The number of benzene rings is 1. The molecule has 104 valence electrons. The van der Waals surface area contributed by atoms with E-state index in [-0.39, 0.29) is 5.92 Å². The summed E-state index contributed by atoms with van der Waals surface area (Å²) < 4.78 is 0. The average molecular weight is 261 g/mol. The van der Waals surface area contributed by atoms with Gasteiger partial charge < -0.3 is 5.11 Å². The fourth-order valence-electron chi connectivity index (χ4n) is 3.06. The summed E-state index contributed by atoms with van der Waals surface area (Å²) in [5.74, 6) is 0.0112. The summed E-state index contributed by atoms with van der Waals surface area (Å²) in [6.07, 6.45) is 1.00. The number of carboxylic acid groups (broad SMARTS) is 1. The van der Waals surface area contributed by atoms with Gasteiger partial charge in [-0.2, -0.15) is 0 Å². The van der Waals surface area contributed by atoms with Crippen LogP contribution < -0.4 is 0 Å². The third kappa shape index (κ3) is 3.80. The van der Waals surface area contributed by atoms with Crippen LogP contribution in [0.3, 0.4) is 0 Å². The zero-order valence-electron chi connectivity index (χ0n) is 11.7. The van der Waals surface area contributed by atoms with Gasteiger partial charge >= 0.3 is 5.97 Å². The molecule has 1 heterocycles. The van der Waals surface area contributed by atoms with E-state index >= 15 is 0 Å². The average Bonchev–Trinajstić information content (AvgIpc) is 2.72. The second-order valence-electron chi connectivity index (χ2n) is 6.01. The van der Waals surface area contributed by atoms with Gasteiger partial charge in [0.15, 0.2) is 0 Å². The van der Waals surface area contributed by atoms with Crippen molar-refractivity contribution in [2.45, 2.75) is 26.8 Å². The van der Waals surface area contributed by atoms with Gasteiger partial charge in [-0.3, -0.25) is 9.69 Å². The quantitative estimate of drug-likeness (QED) is 0.886. The summed E-state index contributed by atoms with van der Waals surface area (Å²) in [4.78, 5) is 13.6. The zero-order valence-corrected chi connectivity index (χ0v) is 11.7. The van der Waals surface area contributed by atoms with Crippen LogP contribution in [0.25, 0.3) is 0 Å². The molecule has 1 aromatic carbocycles. The fraction of sp³-hybridized carbons (Fsp3) is 0.562. The Bertz CT molecular complexity index is 416. The highest BCUT2D eigenvalue weighted by Crippen LogP contribution is 2.30. The first kappa shape index (κ1) is 14.1. The number of nitrogens with zero attached hydrogens (tertiary/aromatic N) is 1. The van der Waals surface area contributed by atoms with Crippen molar-refractivity contribution in [3.8, 4) is 0 Å². The summed E-state index contributed by atoms with van der Waals surface area (Å²) in [5.41, 5.74) is 1.26. The van der Waals surface area contributed by atoms with Crippen LogP contribution in [0.2, 0.25) is 0 Å². The lowest BCUT2D eigenvalue weighted by atomic mass is 9.88. The van der Waals surface area contributed by atoms with E-state index in [2.05, 4.69) is 30.9 Å². The minimum atomic E-state index is -0.638. The summed E-state index contributed by atoms with van der Waals surface area (Å²) in [6, 6.07) is 10.3. The molecule has 1 fully saturated rings. The normalized spacial score (nSPS) is 23.9. The Kier molecular flexibility index (Phi) is 4.59. The Morgan fingerprint density at radius 2 is 2.00 bits per heavy atom. The molecular weight excluding hydrogens is 238 g/mol. The highest BCUT2D eigenvalue weighted by molar-refractivity contribution is 5.71. The van der Waals surface area contributed by atoms with Gasteiger partial charge in [-0.15, -0.1) is 0 Å². The maximum atomic E-state index is 11.4. The molecule has 19 heavy (non-hydrogen) atoms. The minimum Gasteiger partial charge on any atom is -0.481 e. The molecule has 0 amide bonds. The lowest BCUT2D eigenvalue weighted by Gasteiger charge is -2.17. The van der Waals surface area contributed by atoms with Gasteiger partial charge in [0, 0.05) is 19.6 Å². The smallest absolute Gasteiger partial charge is 0.308 e. The monoisotopic (exact) mass is 261 g/mol. The molecule has 0 spiro atoms. The molecule has 0 saturated carbocycles. The van der Waals surface area contributed by atoms with Gasteiger partial charge in [0.1, 0.15) is 0 Å². The van der Waals surface area contributed by atoms with Crippen molar-refractivity contribution < 1.29 is 9.90 Å². The van der Waals surface area contributed by atoms with E-state index < -0.39 is 5.97 Å². The topological polar surface area (TPSA) is 40.5 Å². The van der Waals surface area contributed by atoms with Crippen LogP contribution in [0.5, 0.6) is 0 Å². The SMILES string of the molecule is CC(C)C[C@@H]1CN(Cc2ccccc2)C[C@H]1C(=O)O. The summed E-state index contributed by atoms with van der Waals surface area (Å²) in [5, 5.41) is 9.35. The maximum absolute atomic E-state index is 11.4. The molecule has 2 rings (SSSR count). The van der Waals surface area contributed by atoms with Gasteiger partial charge in [-0.25, -0.2) is 0 Å². The lowest BCUT2D eigenvalue weighted by molar-refractivity contribution is -0.142. The third-order valence-electron chi connectivity index (χ3n) is 3.86. The predicted octanol–water partition coefficient (Wildman–Crippen LogP) is 2.87. The van der Waals surface area contributed by atoms with Gasteiger partial charge in [-0.1, -0.05) is 44.2 Å². The number of rotatable bonds is 5. The Balaban J connectivity index is 1.99. The van der Waals surface area contributed by atoms with E-state index in [0.29, 0.717) is 18.4 Å². The maximum Gasteiger partial charge on any atom is 0.308 e. The van der Waals surface area contributed by atoms with E-state index in [1.54, 1.807) is 0 Å². The van der Waals surface area contributed by atoms with Crippen molar-refractivity contribution >= 4 is 5.97 Å². The van der Waals surface area contributed by atoms with E-state index in [4.69, 9.17) is 0 Å². The predicted molar refractivity (Wildman–Crippen MR) is 75.8 cm³/mol. The van der Waals surface area contributed by atoms with Gasteiger partial charge in [0.2, 0.25) is 0 Å². The molecule has 1 aromatic rings. The first-order valence-corrected chi connectivity index (χ1v) is 7.05. The minimum absolute atomic E-state index is 0.203. The van der Waals surface area contributed by atoms with Crippen LogP contribution in [-0.2, 0) is 11.3 Å². The molecule has 3 nitrogen and oxygen atoms in total. The van der Waals surface area contributed by atoms with Crippen molar-refractivity contribution in [3.05, 3.63) is 35.9 Å². The number of hydrogen-bond acceptors (Lipinski definition) is 2. The summed E-state index contributed by atoms with van der Waals surface area (Å²) in [7, 11) is 0. The van der Waals surface area contributed by atoms with E-state index in [9.17, 15) is 9.90 Å². The molecule has 1 aliphatic rings. The van der Waals surface area contributed by atoms with Gasteiger partial charge in [0.25, 0.3) is 0 Å². The molecule has 0 aliphatic carbocycles. The lowest BCUT2D eigenvalue weighted by Crippen LogP contribution is -2.23. The largest absolute Gasteiger partial charge is 0.481 e. The Morgan fingerprint density at radius 1 is 1.32 bits per heavy atom. The molecule has 0 aromatic heterocycles. The molecule has 1 saturated heterocycles. The molecule has 0 unspecified atom stereocenters. The van der Waals surface area contributed by atoms with Crippen molar-refractivity contribution in [2.24, 2.45) is 17.8 Å². The van der Waals surface area contributed by atoms with E-state index in [1.807, 2.05) is 18.2 Å². The Morgan fingerprint density at radius 3 is 2.58 bits per heavy atom. The van der Waals surface area contributed by atoms with Crippen molar-refractivity contribution in [1.82, 2.24) is 4.90 Å². The Labute approximate surface area is 115 Å². The standard InChI is InChI=1S/C16H23NO2/c1-12(2)8-14-10-17(11-15(14)16(18)19)9-13-6-4-3-5-7-13/h3-7,12,14-15H,8-11H2,1-2H3,(H,18,19)/t14-,15-/m1/s1. The molecule has 1 aliphatic heterocycles. The molecular formula is C16H23NO2. The number of aliphatic carboxylic acids is 1. The fourth-order valence-corrected chi connectivity index (χ4v) is 3.06. The molecule has 0 bridgehead atoms. The second kappa shape index (κ2) is 6.20. The van der Waals surface area contributed by atoms with Crippen molar-refractivity contribution in [3.63, 3.8) is 0 Å². The number of likely N-dealkylation sites (tertiary alicyclic amines) is 1. The van der Waals surface area contributed by atoms with Crippen LogP contribution >= 0.6 is 0 Å². The summed E-state index contributed by atoms with van der Waals surface area (Å²) >= 11 is 0. The number of carbonyl (C=O) groups is 1. The van der Waals surface area contributed by atoms with E-state index in [0.717, 1.165) is 19.5 Å². The van der Waals surface area contributed by atoms with Crippen LogP contribution in [0.4, 0.5) is 0 Å². The van der Waals surface area contributed by atoms with Crippen LogP contribution in [0.1, 0.15) is 25.8 Å². The molecule has 3 heteroatoms. The summed E-state index contributed by atoms with van der Waals surface area (Å²) in [6.45, 7) is 6.78. The highest BCUT2D eigenvalue weighted by Gasteiger charge is 2.37. The van der Waals surface area contributed by atoms with Crippen molar-refractivity contribution in [1.29, 1.82) is 0 Å². The zero-order chi connectivity index (χ0) is 13.8. The molecule has 0 radical (unpaired) electrons. The number of hydrogen-bond donors (Lipinski definition) is 1. The van der Waals surface area contributed by atoms with Crippen LogP contribution in [0.15, 0.2) is 30.3 Å². The molecule has 2 atom stereocenters. The first-order valence-electron chi connectivity index (χ1n) is 7.05. The van der Waals surface area contributed by atoms with Crippen molar-refractivity contribution in [2.75, 3.05) is 13.1 Å². The van der Waals surface area contributed by atoms with Crippen LogP contribution in [-0.4, -0.2) is 29.1 Å². The van der Waals surface area contributed by atoms with Gasteiger partial charge in [0.05, 0.1) is 5.92 Å². The first-order chi connectivity index (χ1) is 9.06. The number of carboxylic acids is 1. The second-order valence-corrected chi connectivity index (χ2v) is 6.01.